The van der Waals surface area contributed by atoms with Gasteiger partial charge in [-0.3, -0.25) is 13.9 Å². The van der Waals surface area contributed by atoms with Crippen LogP contribution in [0.2, 0.25) is 0 Å². The lowest BCUT2D eigenvalue weighted by atomic mass is 9.94. The quantitative estimate of drug-likeness (QED) is 0.438. The summed E-state index contributed by atoms with van der Waals surface area (Å²) in [5.74, 6) is 1.77. The average Bonchev–Trinajstić information content (AvgIpc) is 3.50. The number of aromatic nitrogens is 1. The predicted molar refractivity (Wildman–Crippen MR) is 122 cm³/mol. The molecule has 1 saturated carbocycles. The molecule has 1 aliphatic heterocycles. The molecule has 0 bridgehead atoms. The molecule has 1 aromatic heterocycles. The molecule has 2 aliphatic rings. The Morgan fingerprint density at radius 2 is 1.72 bits per heavy atom. The minimum atomic E-state index is -2.98. The van der Waals surface area contributed by atoms with E-state index in [-0.39, 0.29) is 12.7 Å². The summed E-state index contributed by atoms with van der Waals surface area (Å²) in [6.45, 7) is 0.203. The number of hydrogen-bond donors (Lipinski definition) is 4. The molecule has 166 valence electrons. The van der Waals surface area contributed by atoms with Gasteiger partial charge >= 0.3 is 0 Å². The molecular weight excluding hydrogens is 430 g/mol. The number of anilines is 1. The maximum absolute atomic E-state index is 13.0. The van der Waals surface area contributed by atoms with Crippen molar-refractivity contribution in [1.29, 1.82) is 0 Å². The van der Waals surface area contributed by atoms with Gasteiger partial charge in [0.05, 0.1) is 10.3 Å². The van der Waals surface area contributed by atoms with Gasteiger partial charge in [-0.05, 0) is 60.4 Å². The van der Waals surface area contributed by atoms with Gasteiger partial charge in [0.2, 0.25) is 12.7 Å². The van der Waals surface area contributed by atoms with E-state index in [9.17, 15) is 13.9 Å². The Morgan fingerprint density at radius 3 is 2.38 bits per heavy atom. The Balaban J connectivity index is 1.29. The van der Waals surface area contributed by atoms with Crippen LogP contribution in [0.25, 0.3) is 11.1 Å². The molecule has 0 atom stereocenters. The summed E-state index contributed by atoms with van der Waals surface area (Å²) in [6.07, 6.45) is 3.23. The molecule has 4 N–H and O–H groups in total. The van der Waals surface area contributed by atoms with Crippen molar-refractivity contribution in [1.82, 2.24) is 9.71 Å². The number of benzene rings is 2. The summed E-state index contributed by atoms with van der Waals surface area (Å²) in [5, 5.41) is 2.93. The van der Waals surface area contributed by atoms with Crippen molar-refractivity contribution in [2.24, 2.45) is 0 Å². The molecule has 1 aliphatic carbocycles. The third kappa shape index (κ3) is 3.69. The zero-order valence-electron chi connectivity index (χ0n) is 17.4. The van der Waals surface area contributed by atoms with E-state index in [1.165, 1.54) is 7.05 Å². The minimum absolute atomic E-state index is 0.0850. The first kappa shape index (κ1) is 20.8. The largest absolute Gasteiger partial charge is 0.454 e. The van der Waals surface area contributed by atoms with Crippen molar-refractivity contribution in [3.63, 3.8) is 0 Å². The van der Waals surface area contributed by atoms with Gasteiger partial charge in [-0.1, -0.05) is 18.2 Å². The van der Waals surface area contributed by atoms with Gasteiger partial charge in [-0.2, -0.15) is 0 Å². The van der Waals surface area contributed by atoms with Gasteiger partial charge in [-0.15, -0.1) is 10.8 Å². The van der Waals surface area contributed by atoms with E-state index < -0.39 is 16.2 Å². The molecule has 0 saturated heterocycles. The summed E-state index contributed by atoms with van der Waals surface area (Å²) in [7, 11) is -1.48. The third-order valence-electron chi connectivity index (χ3n) is 5.92. The number of carbonyl (C=O) groups is 1. The SMILES string of the molecule is CNS(O)(O)c1ccc(-c2ccc(NC(=O)C3(c4ccc5c(c4)OCO5)CC3)nc2)cc1. The topological polar surface area (TPSA) is 113 Å². The number of hydrogen-bond acceptors (Lipinski definition) is 7. The van der Waals surface area contributed by atoms with Gasteiger partial charge in [0.1, 0.15) is 5.82 Å². The summed E-state index contributed by atoms with van der Waals surface area (Å²) >= 11 is 0. The third-order valence-corrected chi connectivity index (χ3v) is 7.41. The van der Waals surface area contributed by atoms with E-state index >= 15 is 0 Å². The fourth-order valence-electron chi connectivity index (χ4n) is 3.80. The summed E-state index contributed by atoms with van der Waals surface area (Å²) in [4.78, 5) is 17.8. The van der Waals surface area contributed by atoms with E-state index in [1.807, 2.05) is 24.3 Å². The molecule has 1 amide bonds. The van der Waals surface area contributed by atoms with Gasteiger partial charge in [0, 0.05) is 18.8 Å². The van der Waals surface area contributed by atoms with Crippen LogP contribution in [-0.2, 0) is 10.2 Å². The Hall–Kier alpha value is -3.11. The molecule has 2 heterocycles. The Kier molecular flexibility index (Phi) is 5.06. The first-order valence-electron chi connectivity index (χ1n) is 10.2. The Labute approximate surface area is 187 Å². The highest BCUT2D eigenvalue weighted by Crippen LogP contribution is 2.51. The van der Waals surface area contributed by atoms with E-state index in [4.69, 9.17) is 9.47 Å². The van der Waals surface area contributed by atoms with Crippen molar-refractivity contribution in [3.05, 3.63) is 66.4 Å². The zero-order chi connectivity index (χ0) is 22.3. The highest BCUT2D eigenvalue weighted by molar-refractivity contribution is 8.22. The van der Waals surface area contributed by atoms with Crippen LogP contribution in [-0.4, -0.2) is 33.8 Å². The van der Waals surface area contributed by atoms with E-state index in [0.717, 1.165) is 29.5 Å². The monoisotopic (exact) mass is 453 g/mol. The molecule has 5 rings (SSSR count). The van der Waals surface area contributed by atoms with Crippen LogP contribution in [0.15, 0.2) is 65.7 Å². The molecule has 9 heteroatoms. The van der Waals surface area contributed by atoms with Crippen LogP contribution in [0, 0.1) is 0 Å². The molecule has 1 fully saturated rings. The lowest BCUT2D eigenvalue weighted by Crippen LogP contribution is -2.28. The molecule has 2 aromatic carbocycles. The number of amides is 1. The second-order valence-electron chi connectivity index (χ2n) is 7.81. The van der Waals surface area contributed by atoms with Crippen LogP contribution < -0.4 is 19.5 Å². The molecular formula is C23H23N3O5S. The maximum atomic E-state index is 13.0. The van der Waals surface area contributed by atoms with Crippen molar-refractivity contribution >= 4 is 22.5 Å². The van der Waals surface area contributed by atoms with Crippen LogP contribution >= 0.6 is 10.8 Å². The van der Waals surface area contributed by atoms with Gasteiger partial charge in [0.25, 0.3) is 0 Å². The number of nitrogens with one attached hydrogen (secondary N) is 2. The molecule has 0 unspecified atom stereocenters. The highest BCUT2D eigenvalue weighted by Gasteiger charge is 2.51. The minimum Gasteiger partial charge on any atom is -0.454 e. The highest BCUT2D eigenvalue weighted by atomic mass is 32.3. The predicted octanol–water partition coefficient (Wildman–Crippen LogP) is 4.39. The standard InChI is InChI=1S/C23H23N3O5S/c1-24-32(28,29)18-6-2-15(3-7-18)16-4-9-21(25-13-16)26-22(27)23(10-11-23)17-5-8-19-20(12-17)31-14-30-19/h2-9,12-13,24,28-29H,10-11,14H2,1H3,(H,25,26,27). The number of fused-ring (bicyclic) bond motifs is 1. The number of ether oxygens (including phenoxy) is 2. The molecule has 0 spiro atoms. The van der Waals surface area contributed by atoms with Gasteiger partial charge in [-0.25, -0.2) is 9.71 Å². The van der Waals surface area contributed by atoms with Crippen LogP contribution in [0.4, 0.5) is 5.82 Å². The zero-order valence-corrected chi connectivity index (χ0v) is 18.2. The van der Waals surface area contributed by atoms with E-state index in [2.05, 4.69) is 15.0 Å². The van der Waals surface area contributed by atoms with Crippen LogP contribution in [0.5, 0.6) is 11.5 Å². The first-order chi connectivity index (χ1) is 15.4. The molecule has 8 nitrogen and oxygen atoms in total. The smallest absolute Gasteiger partial charge is 0.236 e. The molecule has 32 heavy (non-hydrogen) atoms. The first-order valence-corrected chi connectivity index (χ1v) is 11.7. The van der Waals surface area contributed by atoms with E-state index in [1.54, 1.807) is 36.5 Å². The van der Waals surface area contributed by atoms with Crippen LogP contribution in [0.1, 0.15) is 18.4 Å². The Morgan fingerprint density at radius 1 is 1.00 bits per heavy atom. The second-order valence-corrected chi connectivity index (χ2v) is 9.79. The molecule has 0 radical (unpaired) electrons. The summed E-state index contributed by atoms with van der Waals surface area (Å²) < 4.78 is 33.2. The second kappa shape index (κ2) is 7.79. The number of pyridine rings is 1. The number of carbonyl (C=O) groups excluding carboxylic acids is 1. The normalized spacial score (nSPS) is 16.5. The number of nitrogens with zero attached hydrogens (tertiary/aromatic N) is 1. The van der Waals surface area contributed by atoms with Crippen molar-refractivity contribution in [3.8, 4) is 22.6 Å². The van der Waals surface area contributed by atoms with Crippen molar-refractivity contribution in [2.75, 3.05) is 19.2 Å². The maximum Gasteiger partial charge on any atom is 0.236 e. The average molecular weight is 454 g/mol. The fourth-order valence-corrected chi connectivity index (χ4v) is 4.55. The lowest BCUT2D eigenvalue weighted by molar-refractivity contribution is -0.118. The lowest BCUT2D eigenvalue weighted by Gasteiger charge is -2.31. The van der Waals surface area contributed by atoms with Gasteiger partial charge < -0.3 is 14.8 Å². The van der Waals surface area contributed by atoms with Crippen LogP contribution in [0.3, 0.4) is 0 Å². The van der Waals surface area contributed by atoms with Crippen molar-refractivity contribution < 1.29 is 23.4 Å². The number of rotatable bonds is 6. The molecule has 3 aromatic rings. The van der Waals surface area contributed by atoms with Gasteiger partial charge in [0.15, 0.2) is 11.5 Å². The van der Waals surface area contributed by atoms with E-state index in [0.29, 0.717) is 22.2 Å². The summed E-state index contributed by atoms with van der Waals surface area (Å²) in [5.41, 5.74) is 2.09. The fraction of sp³-hybridized carbons (Fsp3) is 0.217. The summed E-state index contributed by atoms with van der Waals surface area (Å²) in [6, 6.07) is 16.2. The Bertz CT molecular complexity index is 1160. The van der Waals surface area contributed by atoms with Crippen molar-refractivity contribution in [2.45, 2.75) is 23.2 Å².